The lowest BCUT2D eigenvalue weighted by atomic mass is 10.0. The van der Waals surface area contributed by atoms with Crippen molar-refractivity contribution in [1.82, 2.24) is 10.2 Å². The molecule has 1 rings (SSSR count). The summed E-state index contributed by atoms with van der Waals surface area (Å²) >= 11 is 4.12. The second kappa shape index (κ2) is 6.89. The number of carbonyl (C=O) groups excluding carboxylic acids is 2. The van der Waals surface area contributed by atoms with Gasteiger partial charge in [-0.3, -0.25) is 9.59 Å². The SMILES string of the molecule is CCCC1CCN(C(=O)C(CS)NC(C)=O)C1. The summed E-state index contributed by atoms with van der Waals surface area (Å²) in [5.41, 5.74) is 0. The van der Waals surface area contributed by atoms with Crippen LogP contribution in [-0.4, -0.2) is 41.6 Å². The third-order valence-electron chi connectivity index (χ3n) is 3.15. The van der Waals surface area contributed by atoms with E-state index in [0.29, 0.717) is 11.7 Å². The first-order valence-electron chi connectivity index (χ1n) is 6.25. The van der Waals surface area contributed by atoms with Gasteiger partial charge in [-0.1, -0.05) is 13.3 Å². The second-order valence-corrected chi connectivity index (χ2v) is 5.03. The number of carbonyl (C=O) groups is 2. The molecule has 1 N–H and O–H groups in total. The second-order valence-electron chi connectivity index (χ2n) is 4.66. The minimum Gasteiger partial charge on any atom is -0.344 e. The number of nitrogens with zero attached hydrogens (tertiary/aromatic N) is 1. The average molecular weight is 258 g/mol. The van der Waals surface area contributed by atoms with Gasteiger partial charge in [0.2, 0.25) is 11.8 Å². The fourth-order valence-electron chi connectivity index (χ4n) is 2.33. The van der Waals surface area contributed by atoms with Crippen molar-refractivity contribution in [3.8, 4) is 0 Å². The third kappa shape index (κ3) is 4.22. The van der Waals surface area contributed by atoms with Crippen LogP contribution in [0.1, 0.15) is 33.1 Å². The van der Waals surface area contributed by atoms with Crippen LogP contribution in [0.5, 0.6) is 0 Å². The molecule has 17 heavy (non-hydrogen) atoms. The molecule has 2 unspecified atom stereocenters. The summed E-state index contributed by atoms with van der Waals surface area (Å²) in [6.07, 6.45) is 3.42. The number of likely N-dealkylation sites (tertiary alicyclic amines) is 1. The lowest BCUT2D eigenvalue weighted by Crippen LogP contribution is -2.48. The molecule has 1 fully saturated rings. The van der Waals surface area contributed by atoms with E-state index in [4.69, 9.17) is 0 Å². The van der Waals surface area contributed by atoms with Crippen LogP contribution in [0, 0.1) is 5.92 Å². The minimum absolute atomic E-state index is 0.00815. The van der Waals surface area contributed by atoms with Crippen molar-refractivity contribution >= 4 is 24.4 Å². The van der Waals surface area contributed by atoms with Crippen LogP contribution in [0.25, 0.3) is 0 Å². The number of rotatable bonds is 5. The van der Waals surface area contributed by atoms with Crippen molar-refractivity contribution in [3.05, 3.63) is 0 Å². The highest BCUT2D eigenvalue weighted by Crippen LogP contribution is 2.21. The first kappa shape index (κ1) is 14.4. The Morgan fingerprint density at radius 2 is 2.24 bits per heavy atom. The van der Waals surface area contributed by atoms with E-state index < -0.39 is 6.04 Å². The predicted molar refractivity (Wildman–Crippen MR) is 71.1 cm³/mol. The van der Waals surface area contributed by atoms with E-state index >= 15 is 0 Å². The van der Waals surface area contributed by atoms with Gasteiger partial charge in [0.05, 0.1) is 0 Å². The Morgan fingerprint density at radius 3 is 2.76 bits per heavy atom. The molecule has 0 saturated carbocycles. The van der Waals surface area contributed by atoms with E-state index in [1.54, 1.807) is 0 Å². The maximum atomic E-state index is 12.1. The van der Waals surface area contributed by atoms with E-state index in [1.165, 1.54) is 13.3 Å². The number of nitrogens with one attached hydrogen (secondary N) is 1. The van der Waals surface area contributed by atoms with Gasteiger partial charge >= 0.3 is 0 Å². The van der Waals surface area contributed by atoms with Crippen LogP contribution in [0.15, 0.2) is 0 Å². The smallest absolute Gasteiger partial charge is 0.246 e. The molecule has 1 aliphatic heterocycles. The zero-order chi connectivity index (χ0) is 12.8. The van der Waals surface area contributed by atoms with Gasteiger partial charge in [0, 0.05) is 25.8 Å². The molecule has 2 atom stereocenters. The van der Waals surface area contributed by atoms with Crippen molar-refractivity contribution in [3.63, 3.8) is 0 Å². The molecule has 0 radical (unpaired) electrons. The first-order valence-corrected chi connectivity index (χ1v) is 6.88. The Labute approximate surface area is 109 Å². The molecule has 4 nitrogen and oxygen atoms in total. The van der Waals surface area contributed by atoms with Crippen LogP contribution < -0.4 is 5.32 Å². The zero-order valence-electron chi connectivity index (χ0n) is 10.6. The van der Waals surface area contributed by atoms with Crippen molar-refractivity contribution in [2.45, 2.75) is 39.2 Å². The lowest BCUT2D eigenvalue weighted by Gasteiger charge is -2.22. The summed E-state index contributed by atoms with van der Waals surface area (Å²) in [6.45, 7) is 5.23. The highest BCUT2D eigenvalue weighted by molar-refractivity contribution is 7.80. The monoisotopic (exact) mass is 258 g/mol. The van der Waals surface area contributed by atoms with Crippen LogP contribution in [0.2, 0.25) is 0 Å². The highest BCUT2D eigenvalue weighted by Gasteiger charge is 2.30. The largest absolute Gasteiger partial charge is 0.344 e. The van der Waals surface area contributed by atoms with Gasteiger partial charge in [0.15, 0.2) is 0 Å². The molecule has 0 spiro atoms. The molecule has 5 heteroatoms. The Bertz CT molecular complexity index is 284. The third-order valence-corrected chi connectivity index (χ3v) is 3.52. The highest BCUT2D eigenvalue weighted by atomic mass is 32.1. The molecule has 1 aliphatic rings. The standard InChI is InChI=1S/C12H22N2O2S/c1-3-4-10-5-6-14(7-10)12(16)11(8-17)13-9(2)15/h10-11,17H,3-8H2,1-2H3,(H,13,15). The summed E-state index contributed by atoms with van der Waals surface area (Å²) in [6, 6.07) is -0.476. The first-order chi connectivity index (χ1) is 8.08. The molecule has 0 aliphatic carbocycles. The van der Waals surface area contributed by atoms with E-state index in [0.717, 1.165) is 25.9 Å². The summed E-state index contributed by atoms with van der Waals surface area (Å²) < 4.78 is 0. The van der Waals surface area contributed by atoms with E-state index in [-0.39, 0.29) is 11.8 Å². The maximum absolute atomic E-state index is 12.1. The number of amides is 2. The Hall–Kier alpha value is -0.710. The van der Waals surface area contributed by atoms with Gasteiger partial charge in [-0.25, -0.2) is 0 Å². The van der Waals surface area contributed by atoms with Crippen LogP contribution in [0.4, 0.5) is 0 Å². The van der Waals surface area contributed by atoms with E-state index in [1.807, 2.05) is 4.90 Å². The van der Waals surface area contributed by atoms with E-state index in [2.05, 4.69) is 24.9 Å². The van der Waals surface area contributed by atoms with Crippen molar-refractivity contribution in [1.29, 1.82) is 0 Å². The van der Waals surface area contributed by atoms with Gasteiger partial charge in [0.25, 0.3) is 0 Å². The van der Waals surface area contributed by atoms with E-state index in [9.17, 15) is 9.59 Å². The Kier molecular flexibility index (Phi) is 5.82. The summed E-state index contributed by atoms with van der Waals surface area (Å²) in [5.74, 6) is 0.810. The fourth-order valence-corrected chi connectivity index (χ4v) is 2.58. The molecular weight excluding hydrogens is 236 g/mol. The fraction of sp³-hybridized carbons (Fsp3) is 0.833. The zero-order valence-corrected chi connectivity index (χ0v) is 11.5. The van der Waals surface area contributed by atoms with Gasteiger partial charge in [-0.05, 0) is 18.8 Å². The summed E-state index contributed by atoms with van der Waals surface area (Å²) in [4.78, 5) is 25.0. The normalized spacial score (nSPS) is 21.4. The van der Waals surface area contributed by atoms with Crippen LogP contribution >= 0.6 is 12.6 Å². The van der Waals surface area contributed by atoms with Gasteiger partial charge in [0.1, 0.15) is 6.04 Å². The molecule has 1 heterocycles. The van der Waals surface area contributed by atoms with Crippen LogP contribution in [-0.2, 0) is 9.59 Å². The van der Waals surface area contributed by atoms with Crippen molar-refractivity contribution < 1.29 is 9.59 Å². The topological polar surface area (TPSA) is 49.4 Å². The molecule has 0 bridgehead atoms. The lowest BCUT2D eigenvalue weighted by molar-refractivity contribution is -0.134. The Morgan fingerprint density at radius 1 is 1.53 bits per heavy atom. The summed E-state index contributed by atoms with van der Waals surface area (Å²) in [7, 11) is 0. The van der Waals surface area contributed by atoms with Gasteiger partial charge < -0.3 is 10.2 Å². The molecule has 2 amide bonds. The maximum Gasteiger partial charge on any atom is 0.246 e. The van der Waals surface area contributed by atoms with Crippen molar-refractivity contribution in [2.75, 3.05) is 18.8 Å². The molecule has 0 aromatic rings. The number of hydrogen-bond donors (Lipinski definition) is 2. The quantitative estimate of drug-likeness (QED) is 0.725. The average Bonchev–Trinajstić information content (AvgIpc) is 2.74. The van der Waals surface area contributed by atoms with Crippen LogP contribution in [0.3, 0.4) is 0 Å². The van der Waals surface area contributed by atoms with Crippen molar-refractivity contribution in [2.24, 2.45) is 5.92 Å². The van der Waals surface area contributed by atoms with Gasteiger partial charge in [-0.15, -0.1) is 0 Å². The summed E-state index contributed by atoms with van der Waals surface area (Å²) in [5, 5.41) is 2.65. The molecule has 1 saturated heterocycles. The number of hydrogen-bond acceptors (Lipinski definition) is 3. The minimum atomic E-state index is -0.476. The molecule has 98 valence electrons. The Balaban J connectivity index is 2.49. The molecular formula is C12H22N2O2S. The molecule has 0 aromatic heterocycles. The predicted octanol–water partition coefficient (Wildman–Crippen LogP) is 1.07. The van der Waals surface area contributed by atoms with Gasteiger partial charge in [-0.2, -0.15) is 12.6 Å². The number of thiol groups is 1. The molecule has 0 aromatic carbocycles.